The molecule has 0 aromatic carbocycles. The quantitative estimate of drug-likeness (QED) is 0.286. The Hall–Kier alpha value is -2.45. The van der Waals surface area contributed by atoms with Gasteiger partial charge in [0.25, 0.3) is 0 Å². The van der Waals surface area contributed by atoms with Gasteiger partial charge in [-0.2, -0.15) is 0 Å². The summed E-state index contributed by atoms with van der Waals surface area (Å²) in [6.07, 6.45) is 2.85. The summed E-state index contributed by atoms with van der Waals surface area (Å²) in [6.45, 7) is 5.53. The van der Waals surface area contributed by atoms with Crippen LogP contribution in [0.1, 0.15) is 26.5 Å². The van der Waals surface area contributed by atoms with Crippen LogP contribution >= 0.6 is 0 Å². The first kappa shape index (κ1) is 21.6. The highest BCUT2D eigenvalue weighted by Gasteiger charge is 2.18. The molecule has 0 bridgehead atoms. The second kappa shape index (κ2) is 9.88. The number of carbonyl (C=O) groups excluding carboxylic acids is 2. The van der Waals surface area contributed by atoms with Crippen LogP contribution in [0.5, 0.6) is 5.88 Å². The monoisotopic (exact) mass is 366 g/mol. The number of rotatable bonds is 9. The lowest BCUT2D eigenvalue weighted by atomic mass is 10.2. The zero-order valence-corrected chi connectivity index (χ0v) is 16.0. The van der Waals surface area contributed by atoms with Gasteiger partial charge < -0.3 is 23.8 Å². The van der Waals surface area contributed by atoms with E-state index in [4.69, 9.17) is 18.9 Å². The van der Waals surface area contributed by atoms with Gasteiger partial charge in [-0.15, -0.1) is 0 Å². The Morgan fingerprint density at radius 1 is 1.23 bits per heavy atom. The Morgan fingerprint density at radius 3 is 2.38 bits per heavy atom. The Balaban J connectivity index is 2.99. The van der Waals surface area contributed by atoms with Crippen LogP contribution in [0, 0.1) is 0 Å². The molecule has 0 saturated heterocycles. The molecule has 1 amide bonds. The molecule has 0 fully saturated rings. The average Bonchev–Trinajstić information content (AvgIpc) is 2.59. The van der Waals surface area contributed by atoms with Crippen molar-refractivity contribution in [1.82, 2.24) is 4.98 Å². The fourth-order valence-electron chi connectivity index (χ4n) is 2.00. The predicted molar refractivity (Wildman–Crippen MR) is 96.9 cm³/mol. The first-order valence-corrected chi connectivity index (χ1v) is 7.97. The van der Waals surface area contributed by atoms with E-state index in [9.17, 15) is 9.59 Å². The van der Waals surface area contributed by atoms with Crippen LogP contribution in [0.25, 0.3) is 6.08 Å². The maximum absolute atomic E-state index is 11.7. The third-order valence-electron chi connectivity index (χ3n) is 3.16. The highest BCUT2D eigenvalue weighted by atomic mass is 16.7. The van der Waals surface area contributed by atoms with Crippen LogP contribution in [0.2, 0.25) is 0 Å². The summed E-state index contributed by atoms with van der Waals surface area (Å²) < 4.78 is 20.7. The lowest BCUT2D eigenvalue weighted by molar-refractivity contribution is -0.148. The van der Waals surface area contributed by atoms with Gasteiger partial charge in [-0.1, -0.05) is 0 Å². The van der Waals surface area contributed by atoms with Crippen LogP contribution in [-0.4, -0.2) is 57.1 Å². The van der Waals surface area contributed by atoms with E-state index in [0.717, 1.165) is 0 Å². The van der Waals surface area contributed by atoms with Gasteiger partial charge in [-0.05, 0) is 39.0 Å². The van der Waals surface area contributed by atoms with Crippen molar-refractivity contribution in [2.75, 3.05) is 32.8 Å². The number of hydrogen-bond donors (Lipinski definition) is 0. The van der Waals surface area contributed by atoms with Crippen LogP contribution in [0.15, 0.2) is 18.2 Å². The van der Waals surface area contributed by atoms with Crippen molar-refractivity contribution >= 4 is 24.1 Å². The summed E-state index contributed by atoms with van der Waals surface area (Å²) in [5, 5.41) is 0. The van der Waals surface area contributed by atoms with E-state index in [1.54, 1.807) is 32.9 Å². The van der Waals surface area contributed by atoms with E-state index >= 15 is 0 Å². The first-order valence-electron chi connectivity index (χ1n) is 7.97. The summed E-state index contributed by atoms with van der Waals surface area (Å²) in [7, 11) is 4.41. The fourth-order valence-corrected chi connectivity index (χ4v) is 2.00. The van der Waals surface area contributed by atoms with Crippen molar-refractivity contribution in [1.29, 1.82) is 0 Å². The number of pyridine rings is 1. The van der Waals surface area contributed by atoms with E-state index in [-0.39, 0.29) is 12.4 Å². The number of carbonyl (C=O) groups is 2. The Bertz CT molecular complexity index is 635. The van der Waals surface area contributed by atoms with Crippen molar-refractivity contribution in [2.45, 2.75) is 32.7 Å². The molecule has 0 saturated carbocycles. The maximum Gasteiger partial charge on any atom is 0.331 e. The second-order valence-corrected chi connectivity index (χ2v) is 6.29. The van der Waals surface area contributed by atoms with Crippen molar-refractivity contribution in [3.8, 4) is 5.88 Å². The SMILES string of the molecule is COc1nc(C=CC(=O)OC(C)(C)C)ccc1N(C=O)CC(OC)OC. The minimum absolute atomic E-state index is 0.168. The van der Waals surface area contributed by atoms with E-state index in [1.807, 2.05) is 0 Å². The van der Waals surface area contributed by atoms with E-state index in [2.05, 4.69) is 4.98 Å². The third kappa shape index (κ3) is 6.81. The molecule has 26 heavy (non-hydrogen) atoms. The molecule has 0 atom stereocenters. The normalized spacial score (nSPS) is 11.7. The molecule has 0 unspecified atom stereocenters. The van der Waals surface area contributed by atoms with Gasteiger partial charge in [0.1, 0.15) is 11.3 Å². The Morgan fingerprint density at radius 2 is 1.88 bits per heavy atom. The summed E-state index contributed by atoms with van der Waals surface area (Å²) in [5.74, 6) is -0.241. The van der Waals surface area contributed by atoms with E-state index in [0.29, 0.717) is 17.8 Å². The van der Waals surface area contributed by atoms with E-state index < -0.39 is 17.9 Å². The molecule has 0 aliphatic carbocycles. The molecule has 0 aliphatic heterocycles. The van der Waals surface area contributed by atoms with Gasteiger partial charge in [0.2, 0.25) is 12.3 Å². The van der Waals surface area contributed by atoms with Crippen molar-refractivity contribution in [3.05, 3.63) is 23.9 Å². The number of aromatic nitrogens is 1. The summed E-state index contributed by atoms with van der Waals surface area (Å²) >= 11 is 0. The summed E-state index contributed by atoms with van der Waals surface area (Å²) in [6, 6.07) is 3.32. The van der Waals surface area contributed by atoms with Crippen LogP contribution < -0.4 is 9.64 Å². The van der Waals surface area contributed by atoms with Crippen molar-refractivity contribution in [3.63, 3.8) is 0 Å². The molecule has 0 N–H and O–H groups in total. The van der Waals surface area contributed by atoms with Gasteiger partial charge in [0.15, 0.2) is 6.29 Å². The maximum atomic E-state index is 11.7. The largest absolute Gasteiger partial charge is 0.479 e. The molecule has 0 radical (unpaired) electrons. The molecule has 1 rings (SSSR count). The third-order valence-corrected chi connectivity index (χ3v) is 3.16. The van der Waals surface area contributed by atoms with Crippen molar-refractivity contribution in [2.24, 2.45) is 0 Å². The number of nitrogens with zero attached hydrogens (tertiary/aromatic N) is 2. The Kier molecular flexibility index (Phi) is 8.21. The molecular weight excluding hydrogens is 340 g/mol. The number of methoxy groups -OCH3 is 3. The zero-order valence-electron chi connectivity index (χ0n) is 16.0. The molecule has 1 aromatic heterocycles. The molecule has 8 heteroatoms. The zero-order chi connectivity index (χ0) is 19.7. The number of amides is 1. The molecule has 0 spiro atoms. The molecule has 1 aromatic rings. The highest BCUT2D eigenvalue weighted by molar-refractivity contribution is 5.87. The van der Waals surface area contributed by atoms with Gasteiger partial charge in [0.05, 0.1) is 19.3 Å². The number of esters is 1. The standard InChI is InChI=1S/C18H26N2O6/c1-18(2,3)26-15(22)10-8-13-7-9-14(17(19-13)25-6)20(12-21)11-16(23-4)24-5/h7-10,12,16H,11H2,1-6H3. The smallest absolute Gasteiger partial charge is 0.331 e. The number of anilines is 1. The molecule has 8 nitrogen and oxygen atoms in total. The Labute approximate surface area is 153 Å². The van der Waals surface area contributed by atoms with Gasteiger partial charge in [-0.25, -0.2) is 9.78 Å². The van der Waals surface area contributed by atoms with Crippen LogP contribution in [-0.2, 0) is 23.8 Å². The fraction of sp³-hybridized carbons (Fsp3) is 0.500. The van der Waals surface area contributed by atoms with E-state index in [1.165, 1.54) is 38.4 Å². The number of hydrogen-bond acceptors (Lipinski definition) is 7. The minimum atomic E-state index is -0.586. The average molecular weight is 366 g/mol. The topological polar surface area (TPSA) is 87.2 Å². The first-order chi connectivity index (χ1) is 12.2. The van der Waals surface area contributed by atoms with Crippen molar-refractivity contribution < 1.29 is 28.5 Å². The predicted octanol–water partition coefficient (Wildman–Crippen LogP) is 2.03. The second-order valence-electron chi connectivity index (χ2n) is 6.29. The summed E-state index contributed by atoms with van der Waals surface area (Å²) in [4.78, 5) is 28.8. The number of ether oxygens (including phenoxy) is 4. The van der Waals surface area contributed by atoms with Gasteiger partial charge in [-0.3, -0.25) is 4.79 Å². The van der Waals surface area contributed by atoms with Crippen LogP contribution in [0.3, 0.4) is 0 Å². The minimum Gasteiger partial charge on any atom is -0.479 e. The highest BCUT2D eigenvalue weighted by Crippen LogP contribution is 2.26. The van der Waals surface area contributed by atoms with Crippen LogP contribution in [0.4, 0.5) is 5.69 Å². The lowest BCUT2D eigenvalue weighted by Crippen LogP contribution is -2.34. The molecule has 0 aliphatic rings. The molecule has 144 valence electrons. The lowest BCUT2D eigenvalue weighted by Gasteiger charge is -2.23. The van der Waals surface area contributed by atoms with Gasteiger partial charge in [0, 0.05) is 20.3 Å². The summed E-state index contributed by atoms with van der Waals surface area (Å²) in [5.41, 5.74) is 0.369. The molecule has 1 heterocycles. The van der Waals surface area contributed by atoms with Gasteiger partial charge >= 0.3 is 5.97 Å². The molecular formula is C18H26N2O6.